The number of anilines is 1. The molecule has 3 rings (SSSR count). The zero-order valence-electron chi connectivity index (χ0n) is 19.0. The lowest BCUT2D eigenvalue weighted by atomic mass is 10.2. The molecule has 1 aliphatic heterocycles. The lowest BCUT2D eigenvalue weighted by molar-refractivity contribution is -0.384. The SMILES string of the molecule is Cc1ccc(S(=O)(=O)N2CCN(C(=O)CN(c3cc([N+](=O)[O-])ccc3C)S(C)(=O)=O)CC2)cc1. The first-order chi connectivity index (χ1) is 15.8. The van der Waals surface area contributed by atoms with E-state index in [0.29, 0.717) is 5.56 Å². The van der Waals surface area contributed by atoms with Crippen molar-refractivity contribution in [3.63, 3.8) is 0 Å². The van der Waals surface area contributed by atoms with Gasteiger partial charge in [0, 0.05) is 38.3 Å². The average molecular weight is 511 g/mol. The second kappa shape index (κ2) is 9.68. The lowest BCUT2D eigenvalue weighted by Gasteiger charge is -2.35. The van der Waals surface area contributed by atoms with Crippen LogP contribution in [0.2, 0.25) is 0 Å². The number of nitro benzene ring substituents is 1. The van der Waals surface area contributed by atoms with E-state index in [-0.39, 0.29) is 42.4 Å². The molecule has 0 aromatic heterocycles. The number of aryl methyl sites for hydroxylation is 2. The molecule has 0 spiro atoms. The number of non-ortho nitro benzene ring substituents is 1. The van der Waals surface area contributed by atoms with Crippen molar-refractivity contribution in [1.82, 2.24) is 9.21 Å². The van der Waals surface area contributed by atoms with Crippen molar-refractivity contribution in [1.29, 1.82) is 0 Å². The molecule has 0 N–H and O–H groups in total. The van der Waals surface area contributed by atoms with Crippen LogP contribution in [0, 0.1) is 24.0 Å². The molecular formula is C21H26N4O7S2. The van der Waals surface area contributed by atoms with Crippen LogP contribution in [0.3, 0.4) is 0 Å². The van der Waals surface area contributed by atoms with Gasteiger partial charge in [0.1, 0.15) is 6.54 Å². The van der Waals surface area contributed by atoms with Gasteiger partial charge in [-0.3, -0.25) is 19.2 Å². The van der Waals surface area contributed by atoms with Crippen LogP contribution in [0.4, 0.5) is 11.4 Å². The molecule has 0 atom stereocenters. The first kappa shape index (κ1) is 25.6. The molecule has 11 nitrogen and oxygen atoms in total. The number of nitro groups is 1. The predicted octanol–water partition coefficient (Wildman–Crippen LogP) is 1.51. The lowest BCUT2D eigenvalue weighted by Crippen LogP contribution is -2.53. The van der Waals surface area contributed by atoms with Crippen LogP contribution in [-0.4, -0.2) is 75.9 Å². The minimum atomic E-state index is -3.93. The minimum absolute atomic E-state index is 0.0469. The molecule has 13 heteroatoms. The number of hydrogen-bond acceptors (Lipinski definition) is 7. The number of piperazine rings is 1. The molecule has 0 saturated carbocycles. The number of carbonyl (C=O) groups excluding carboxylic acids is 1. The summed E-state index contributed by atoms with van der Waals surface area (Å²) in [6.07, 6.45) is 0.921. The fourth-order valence-electron chi connectivity index (χ4n) is 3.62. The summed E-state index contributed by atoms with van der Waals surface area (Å²) in [6, 6.07) is 10.3. The van der Waals surface area contributed by atoms with Crippen molar-refractivity contribution in [3.8, 4) is 0 Å². The third-order valence-electron chi connectivity index (χ3n) is 5.60. The van der Waals surface area contributed by atoms with Crippen LogP contribution >= 0.6 is 0 Å². The predicted molar refractivity (Wildman–Crippen MR) is 127 cm³/mol. The topological polar surface area (TPSA) is 138 Å². The maximum absolute atomic E-state index is 12.9. The van der Waals surface area contributed by atoms with Gasteiger partial charge in [-0.1, -0.05) is 23.8 Å². The van der Waals surface area contributed by atoms with E-state index in [0.717, 1.165) is 22.2 Å². The molecule has 34 heavy (non-hydrogen) atoms. The molecule has 2 aromatic rings. The number of nitrogens with zero attached hydrogens (tertiary/aromatic N) is 4. The average Bonchev–Trinajstić information content (AvgIpc) is 2.77. The molecule has 0 aliphatic carbocycles. The molecule has 1 heterocycles. The van der Waals surface area contributed by atoms with E-state index in [1.54, 1.807) is 19.1 Å². The highest BCUT2D eigenvalue weighted by molar-refractivity contribution is 7.92. The van der Waals surface area contributed by atoms with Crippen molar-refractivity contribution in [2.45, 2.75) is 18.7 Å². The monoisotopic (exact) mass is 510 g/mol. The van der Waals surface area contributed by atoms with E-state index in [4.69, 9.17) is 0 Å². The van der Waals surface area contributed by atoms with Crippen molar-refractivity contribution in [2.75, 3.05) is 43.3 Å². The third-order valence-corrected chi connectivity index (χ3v) is 8.64. The first-order valence-electron chi connectivity index (χ1n) is 10.4. The Morgan fingerprint density at radius 1 is 1.00 bits per heavy atom. The molecule has 0 bridgehead atoms. The molecular weight excluding hydrogens is 484 g/mol. The number of hydrogen-bond donors (Lipinski definition) is 0. The molecule has 0 unspecified atom stereocenters. The summed E-state index contributed by atoms with van der Waals surface area (Å²) in [5, 5.41) is 11.1. The summed E-state index contributed by atoms with van der Waals surface area (Å²) in [4.78, 5) is 25.0. The smallest absolute Gasteiger partial charge is 0.271 e. The summed E-state index contributed by atoms with van der Waals surface area (Å²) in [5.41, 5.74) is 1.14. The Kier molecular flexibility index (Phi) is 7.29. The summed E-state index contributed by atoms with van der Waals surface area (Å²) < 4.78 is 52.8. The van der Waals surface area contributed by atoms with Crippen molar-refractivity contribution in [3.05, 3.63) is 63.7 Å². The molecule has 1 saturated heterocycles. The molecule has 1 aliphatic rings. The fraction of sp³-hybridized carbons (Fsp3) is 0.381. The molecule has 2 aromatic carbocycles. The van der Waals surface area contributed by atoms with E-state index < -0.39 is 37.4 Å². The van der Waals surface area contributed by atoms with E-state index in [9.17, 15) is 31.7 Å². The normalized spacial score (nSPS) is 15.2. The number of sulfonamides is 2. The zero-order chi connectivity index (χ0) is 25.3. The van der Waals surface area contributed by atoms with Gasteiger partial charge in [0.2, 0.25) is 26.0 Å². The Labute approximate surface area is 198 Å². The largest absolute Gasteiger partial charge is 0.338 e. The first-order valence-corrected chi connectivity index (χ1v) is 13.7. The van der Waals surface area contributed by atoms with Crippen molar-refractivity contribution in [2.24, 2.45) is 0 Å². The van der Waals surface area contributed by atoms with Gasteiger partial charge < -0.3 is 4.90 Å². The van der Waals surface area contributed by atoms with Gasteiger partial charge >= 0.3 is 0 Å². The number of carbonyl (C=O) groups is 1. The molecule has 0 radical (unpaired) electrons. The van der Waals surface area contributed by atoms with Gasteiger partial charge in [0.05, 0.1) is 21.8 Å². The van der Waals surface area contributed by atoms with Crippen LogP contribution in [0.15, 0.2) is 47.4 Å². The van der Waals surface area contributed by atoms with Crippen LogP contribution in [0.1, 0.15) is 11.1 Å². The summed E-state index contributed by atoms with van der Waals surface area (Å²) in [6.45, 7) is 3.22. The van der Waals surface area contributed by atoms with Crippen LogP contribution in [-0.2, 0) is 24.8 Å². The maximum atomic E-state index is 12.9. The second-order valence-corrected chi connectivity index (χ2v) is 11.9. The third kappa shape index (κ3) is 5.54. The molecule has 184 valence electrons. The summed E-state index contributed by atoms with van der Waals surface area (Å²) >= 11 is 0. The van der Waals surface area contributed by atoms with Gasteiger partial charge in [0.15, 0.2) is 0 Å². The zero-order valence-corrected chi connectivity index (χ0v) is 20.7. The van der Waals surface area contributed by atoms with Crippen LogP contribution < -0.4 is 4.31 Å². The quantitative estimate of drug-likeness (QED) is 0.406. The van der Waals surface area contributed by atoms with Gasteiger partial charge in [-0.2, -0.15) is 4.31 Å². The summed E-state index contributed by atoms with van der Waals surface area (Å²) in [7, 11) is -7.64. The number of amides is 1. The van der Waals surface area contributed by atoms with Crippen LogP contribution in [0.5, 0.6) is 0 Å². The Balaban J connectivity index is 1.74. The van der Waals surface area contributed by atoms with Gasteiger partial charge in [-0.05, 0) is 31.5 Å². The van der Waals surface area contributed by atoms with Gasteiger partial charge in [-0.15, -0.1) is 0 Å². The molecule has 1 fully saturated rings. The van der Waals surface area contributed by atoms with E-state index >= 15 is 0 Å². The van der Waals surface area contributed by atoms with Crippen molar-refractivity contribution < 1.29 is 26.6 Å². The standard InChI is InChI=1S/C21H26N4O7S2/c1-16-4-8-19(9-5-16)34(31,32)23-12-10-22(11-13-23)21(26)15-24(33(3,29)30)20-14-18(25(27)28)7-6-17(20)2/h4-9,14H,10-13,15H2,1-3H3. The van der Waals surface area contributed by atoms with Gasteiger partial charge in [-0.25, -0.2) is 16.8 Å². The maximum Gasteiger partial charge on any atom is 0.271 e. The highest BCUT2D eigenvalue weighted by Crippen LogP contribution is 2.28. The molecule has 1 amide bonds. The fourth-order valence-corrected chi connectivity index (χ4v) is 5.94. The van der Waals surface area contributed by atoms with E-state index in [2.05, 4.69) is 0 Å². The van der Waals surface area contributed by atoms with Crippen LogP contribution in [0.25, 0.3) is 0 Å². The van der Waals surface area contributed by atoms with Gasteiger partial charge in [0.25, 0.3) is 5.69 Å². The highest BCUT2D eigenvalue weighted by atomic mass is 32.2. The Morgan fingerprint density at radius 2 is 1.59 bits per heavy atom. The highest BCUT2D eigenvalue weighted by Gasteiger charge is 2.32. The summed E-state index contributed by atoms with van der Waals surface area (Å²) in [5.74, 6) is -0.524. The Hall–Kier alpha value is -3.03. The van der Waals surface area contributed by atoms with Crippen molar-refractivity contribution >= 4 is 37.3 Å². The second-order valence-electron chi connectivity index (χ2n) is 8.10. The number of benzene rings is 2. The Morgan fingerprint density at radius 3 is 2.12 bits per heavy atom. The Bertz CT molecular complexity index is 1300. The van der Waals surface area contributed by atoms with E-state index in [1.165, 1.54) is 33.5 Å². The van der Waals surface area contributed by atoms with E-state index in [1.807, 2.05) is 6.92 Å². The minimum Gasteiger partial charge on any atom is -0.338 e. The number of rotatable bonds is 7.